The van der Waals surface area contributed by atoms with Gasteiger partial charge in [0.05, 0.1) is 19.8 Å². The Morgan fingerprint density at radius 3 is 2.79 bits per heavy atom. The maximum atomic E-state index is 6.19. The summed E-state index contributed by atoms with van der Waals surface area (Å²) in [6, 6.07) is 0. The molecule has 1 unspecified atom stereocenters. The first-order valence-corrected chi connectivity index (χ1v) is 5.73. The molecule has 14 heavy (non-hydrogen) atoms. The molecule has 1 aliphatic heterocycles. The molecule has 1 saturated heterocycles. The maximum Gasteiger partial charge on any atom is 0.0646 e. The fraction of sp³-hybridized carbons (Fsp3) is 1.00. The van der Waals surface area contributed by atoms with Gasteiger partial charge in [0, 0.05) is 18.1 Å². The van der Waals surface area contributed by atoms with Gasteiger partial charge in [-0.1, -0.05) is 12.8 Å². The summed E-state index contributed by atoms with van der Waals surface area (Å²) in [4.78, 5) is 0. The number of hydrogen-bond donors (Lipinski definition) is 1. The van der Waals surface area contributed by atoms with Crippen molar-refractivity contribution >= 4 is 0 Å². The van der Waals surface area contributed by atoms with Gasteiger partial charge in [0.25, 0.3) is 0 Å². The molecule has 2 aliphatic rings. The highest BCUT2D eigenvalue weighted by atomic mass is 16.5. The van der Waals surface area contributed by atoms with Crippen LogP contribution in [-0.2, 0) is 9.47 Å². The third-order valence-corrected chi connectivity index (χ3v) is 3.37. The number of rotatable bonds is 4. The van der Waals surface area contributed by atoms with Crippen LogP contribution in [0.1, 0.15) is 32.1 Å². The van der Waals surface area contributed by atoms with Gasteiger partial charge in [-0.25, -0.2) is 0 Å². The highest BCUT2D eigenvalue weighted by molar-refractivity contribution is 4.89. The molecule has 2 fully saturated rings. The summed E-state index contributed by atoms with van der Waals surface area (Å²) >= 11 is 0. The van der Waals surface area contributed by atoms with E-state index in [9.17, 15) is 0 Å². The van der Waals surface area contributed by atoms with Crippen molar-refractivity contribution in [2.75, 3.05) is 26.4 Å². The Morgan fingerprint density at radius 2 is 2.14 bits per heavy atom. The first kappa shape index (κ1) is 10.4. The van der Waals surface area contributed by atoms with Crippen molar-refractivity contribution in [3.05, 3.63) is 0 Å². The van der Waals surface area contributed by atoms with Crippen molar-refractivity contribution in [1.29, 1.82) is 0 Å². The Balaban J connectivity index is 1.61. The van der Waals surface area contributed by atoms with Crippen molar-refractivity contribution < 1.29 is 9.47 Å². The molecule has 0 aromatic heterocycles. The van der Waals surface area contributed by atoms with E-state index in [-0.39, 0.29) is 5.54 Å². The van der Waals surface area contributed by atoms with Gasteiger partial charge < -0.3 is 15.2 Å². The third kappa shape index (κ3) is 2.69. The Hall–Kier alpha value is -0.120. The summed E-state index contributed by atoms with van der Waals surface area (Å²) in [5.74, 6) is 0.611. The van der Waals surface area contributed by atoms with E-state index in [2.05, 4.69) is 0 Å². The molecule has 0 aromatic carbocycles. The maximum absolute atomic E-state index is 6.19. The zero-order chi connectivity index (χ0) is 9.86. The summed E-state index contributed by atoms with van der Waals surface area (Å²) in [5.41, 5.74) is 6.17. The lowest BCUT2D eigenvalue weighted by atomic mass is 10.0. The van der Waals surface area contributed by atoms with Crippen molar-refractivity contribution in [3.63, 3.8) is 0 Å². The third-order valence-electron chi connectivity index (χ3n) is 3.37. The molecule has 0 spiro atoms. The zero-order valence-corrected chi connectivity index (χ0v) is 8.84. The molecule has 3 heteroatoms. The fourth-order valence-electron chi connectivity index (χ4n) is 2.37. The lowest BCUT2D eigenvalue weighted by Gasteiger charge is -2.23. The number of nitrogens with two attached hydrogens (primary N) is 1. The van der Waals surface area contributed by atoms with Crippen LogP contribution in [0.25, 0.3) is 0 Å². The van der Waals surface area contributed by atoms with Gasteiger partial charge in [-0.15, -0.1) is 0 Å². The Kier molecular flexibility index (Phi) is 3.42. The summed E-state index contributed by atoms with van der Waals surface area (Å²) in [6.07, 6.45) is 5.96. The molecule has 0 bridgehead atoms. The summed E-state index contributed by atoms with van der Waals surface area (Å²) in [5, 5.41) is 0. The Labute approximate surface area is 85.9 Å². The summed E-state index contributed by atoms with van der Waals surface area (Å²) in [7, 11) is 0. The second kappa shape index (κ2) is 4.60. The largest absolute Gasteiger partial charge is 0.381 e. The van der Waals surface area contributed by atoms with Crippen LogP contribution in [0.2, 0.25) is 0 Å². The molecule has 0 aromatic rings. The van der Waals surface area contributed by atoms with Crippen LogP contribution in [-0.4, -0.2) is 32.0 Å². The minimum absolute atomic E-state index is 0.0144. The van der Waals surface area contributed by atoms with Crippen LogP contribution in [0, 0.1) is 5.92 Å². The minimum atomic E-state index is -0.0144. The van der Waals surface area contributed by atoms with E-state index in [0.29, 0.717) is 5.92 Å². The number of hydrogen-bond acceptors (Lipinski definition) is 3. The lowest BCUT2D eigenvalue weighted by Crippen LogP contribution is -2.41. The molecule has 2 rings (SSSR count). The van der Waals surface area contributed by atoms with Crippen LogP contribution in [0.4, 0.5) is 0 Å². The zero-order valence-electron chi connectivity index (χ0n) is 8.84. The molecule has 1 aliphatic carbocycles. The van der Waals surface area contributed by atoms with E-state index in [4.69, 9.17) is 15.2 Å². The average Bonchev–Trinajstić information content (AvgIpc) is 2.77. The monoisotopic (exact) mass is 199 g/mol. The van der Waals surface area contributed by atoms with Gasteiger partial charge in [0.1, 0.15) is 0 Å². The molecule has 0 amide bonds. The topological polar surface area (TPSA) is 44.5 Å². The second-order valence-corrected chi connectivity index (χ2v) is 4.81. The van der Waals surface area contributed by atoms with E-state index < -0.39 is 0 Å². The predicted octanol–water partition coefficient (Wildman–Crippen LogP) is 1.31. The van der Waals surface area contributed by atoms with Gasteiger partial charge in [-0.2, -0.15) is 0 Å². The van der Waals surface area contributed by atoms with E-state index in [0.717, 1.165) is 45.7 Å². The van der Waals surface area contributed by atoms with Crippen LogP contribution >= 0.6 is 0 Å². The highest BCUT2D eigenvalue weighted by Gasteiger charge is 2.29. The molecule has 82 valence electrons. The van der Waals surface area contributed by atoms with Gasteiger partial charge in [0.15, 0.2) is 0 Å². The van der Waals surface area contributed by atoms with Gasteiger partial charge >= 0.3 is 0 Å². The summed E-state index contributed by atoms with van der Waals surface area (Å²) in [6.45, 7) is 3.35. The molecule has 1 saturated carbocycles. The Morgan fingerprint density at radius 1 is 1.36 bits per heavy atom. The predicted molar refractivity (Wildman–Crippen MR) is 55.1 cm³/mol. The van der Waals surface area contributed by atoms with Crippen molar-refractivity contribution in [1.82, 2.24) is 0 Å². The van der Waals surface area contributed by atoms with Crippen molar-refractivity contribution in [2.45, 2.75) is 37.6 Å². The van der Waals surface area contributed by atoms with Gasteiger partial charge in [0.2, 0.25) is 0 Å². The molecule has 2 N–H and O–H groups in total. The normalized spacial score (nSPS) is 31.1. The van der Waals surface area contributed by atoms with Crippen LogP contribution in [0.5, 0.6) is 0 Å². The number of ether oxygens (including phenoxy) is 2. The molecule has 1 heterocycles. The molecule has 0 radical (unpaired) electrons. The summed E-state index contributed by atoms with van der Waals surface area (Å²) < 4.78 is 11.0. The quantitative estimate of drug-likeness (QED) is 0.742. The van der Waals surface area contributed by atoms with Crippen LogP contribution < -0.4 is 5.73 Å². The lowest BCUT2D eigenvalue weighted by molar-refractivity contribution is 0.0565. The highest BCUT2D eigenvalue weighted by Crippen LogP contribution is 2.27. The van der Waals surface area contributed by atoms with Crippen LogP contribution in [0.15, 0.2) is 0 Å². The van der Waals surface area contributed by atoms with Crippen molar-refractivity contribution in [2.24, 2.45) is 11.7 Å². The minimum Gasteiger partial charge on any atom is -0.381 e. The van der Waals surface area contributed by atoms with E-state index in [1.54, 1.807) is 0 Å². The average molecular weight is 199 g/mol. The van der Waals surface area contributed by atoms with E-state index >= 15 is 0 Å². The SMILES string of the molecule is NC1(COCC2CCOC2)CCCC1. The standard InChI is InChI=1S/C11H21NO2/c12-11(4-1-2-5-11)9-14-8-10-3-6-13-7-10/h10H,1-9,12H2. The van der Waals surface area contributed by atoms with E-state index in [1.807, 2.05) is 0 Å². The first-order chi connectivity index (χ1) is 6.79. The smallest absolute Gasteiger partial charge is 0.0646 e. The van der Waals surface area contributed by atoms with E-state index in [1.165, 1.54) is 12.8 Å². The molecular formula is C11H21NO2. The first-order valence-electron chi connectivity index (χ1n) is 5.73. The van der Waals surface area contributed by atoms with Gasteiger partial charge in [-0.05, 0) is 19.3 Å². The molecular weight excluding hydrogens is 178 g/mol. The van der Waals surface area contributed by atoms with Gasteiger partial charge in [-0.3, -0.25) is 0 Å². The fourth-order valence-corrected chi connectivity index (χ4v) is 2.37. The molecule has 1 atom stereocenters. The second-order valence-electron chi connectivity index (χ2n) is 4.81. The van der Waals surface area contributed by atoms with Crippen molar-refractivity contribution in [3.8, 4) is 0 Å². The molecule has 3 nitrogen and oxygen atoms in total. The van der Waals surface area contributed by atoms with Crippen LogP contribution in [0.3, 0.4) is 0 Å². The Bertz CT molecular complexity index is 172.